The SMILES string of the molecule is CC(=O)N(N=Cc1ccc(C)cc1)c1nc(CSc2nnnn2C)cs1. The molecular formula is C16H17N7OS2. The van der Waals surface area contributed by atoms with E-state index in [2.05, 4.69) is 25.6 Å². The van der Waals surface area contributed by atoms with E-state index in [4.69, 9.17) is 0 Å². The highest BCUT2D eigenvalue weighted by Gasteiger charge is 2.15. The molecule has 3 aromatic rings. The summed E-state index contributed by atoms with van der Waals surface area (Å²) in [5, 5.41) is 20.1. The molecule has 3 rings (SSSR count). The quantitative estimate of drug-likeness (QED) is 0.367. The summed E-state index contributed by atoms with van der Waals surface area (Å²) in [6, 6.07) is 7.91. The van der Waals surface area contributed by atoms with Crippen LogP contribution >= 0.6 is 23.1 Å². The van der Waals surface area contributed by atoms with Crippen LogP contribution in [-0.4, -0.2) is 37.3 Å². The lowest BCUT2D eigenvalue weighted by molar-refractivity contribution is -0.116. The molecule has 0 atom stereocenters. The number of amides is 1. The van der Waals surface area contributed by atoms with Crippen LogP contribution in [-0.2, 0) is 17.6 Å². The molecule has 0 saturated heterocycles. The van der Waals surface area contributed by atoms with E-state index in [1.807, 2.05) is 36.6 Å². The number of aryl methyl sites for hydroxylation is 2. The van der Waals surface area contributed by atoms with Gasteiger partial charge in [0, 0.05) is 25.1 Å². The van der Waals surface area contributed by atoms with E-state index < -0.39 is 0 Å². The molecule has 0 spiro atoms. The number of thioether (sulfide) groups is 1. The monoisotopic (exact) mass is 387 g/mol. The topological polar surface area (TPSA) is 89.2 Å². The number of hydrogen-bond acceptors (Lipinski definition) is 8. The van der Waals surface area contributed by atoms with E-state index in [1.54, 1.807) is 17.9 Å². The molecular weight excluding hydrogens is 370 g/mol. The molecule has 8 nitrogen and oxygen atoms in total. The number of carbonyl (C=O) groups excluding carboxylic acids is 1. The van der Waals surface area contributed by atoms with Gasteiger partial charge in [-0.05, 0) is 22.9 Å². The van der Waals surface area contributed by atoms with Gasteiger partial charge in [-0.15, -0.1) is 16.4 Å². The van der Waals surface area contributed by atoms with Crippen molar-refractivity contribution in [2.45, 2.75) is 24.8 Å². The van der Waals surface area contributed by atoms with E-state index in [1.165, 1.54) is 40.6 Å². The Hall–Kier alpha value is -2.59. The van der Waals surface area contributed by atoms with Crippen LogP contribution in [0.2, 0.25) is 0 Å². The third kappa shape index (κ3) is 4.52. The van der Waals surface area contributed by atoms with Crippen LogP contribution in [0.3, 0.4) is 0 Å². The molecule has 0 N–H and O–H groups in total. The summed E-state index contributed by atoms with van der Waals surface area (Å²) in [7, 11) is 1.78. The standard InChI is InChI=1S/C16H17N7OS2/c1-11-4-6-13(7-5-11)8-17-23(12(2)24)15-18-14(9-25-15)10-26-16-19-20-21-22(16)3/h4-9H,10H2,1-3H3. The fraction of sp³-hybridized carbons (Fsp3) is 0.250. The van der Waals surface area contributed by atoms with E-state index in [9.17, 15) is 4.79 Å². The van der Waals surface area contributed by atoms with Crippen molar-refractivity contribution in [2.75, 3.05) is 5.01 Å². The van der Waals surface area contributed by atoms with E-state index in [0.717, 1.165) is 11.3 Å². The number of nitrogens with zero attached hydrogens (tertiary/aromatic N) is 7. The molecule has 26 heavy (non-hydrogen) atoms. The number of tetrazole rings is 1. The zero-order valence-electron chi connectivity index (χ0n) is 14.5. The number of aromatic nitrogens is 5. The predicted octanol–water partition coefficient (Wildman–Crippen LogP) is 2.65. The van der Waals surface area contributed by atoms with Gasteiger partial charge in [0.2, 0.25) is 16.2 Å². The highest BCUT2D eigenvalue weighted by atomic mass is 32.2. The minimum Gasteiger partial charge on any atom is -0.273 e. The molecule has 0 bridgehead atoms. The first-order valence-electron chi connectivity index (χ1n) is 7.74. The second kappa shape index (κ2) is 8.19. The van der Waals surface area contributed by atoms with Gasteiger partial charge in [0.15, 0.2) is 0 Å². The molecule has 0 aliphatic carbocycles. The van der Waals surface area contributed by atoms with Crippen LogP contribution in [0, 0.1) is 6.92 Å². The Bertz CT molecular complexity index is 917. The zero-order chi connectivity index (χ0) is 18.5. The molecule has 0 unspecified atom stereocenters. The van der Waals surface area contributed by atoms with Crippen molar-refractivity contribution in [1.29, 1.82) is 0 Å². The number of hydrazone groups is 1. The maximum Gasteiger partial charge on any atom is 0.246 e. The average molecular weight is 387 g/mol. The Morgan fingerprint density at radius 1 is 1.38 bits per heavy atom. The van der Waals surface area contributed by atoms with Crippen LogP contribution in [0.4, 0.5) is 5.13 Å². The summed E-state index contributed by atoms with van der Waals surface area (Å²) in [4.78, 5) is 16.5. The van der Waals surface area contributed by atoms with Crippen molar-refractivity contribution in [3.8, 4) is 0 Å². The molecule has 1 amide bonds. The van der Waals surface area contributed by atoms with Crippen LogP contribution in [0.1, 0.15) is 23.7 Å². The van der Waals surface area contributed by atoms with Gasteiger partial charge in [-0.2, -0.15) is 10.1 Å². The maximum atomic E-state index is 12.0. The number of benzene rings is 1. The predicted molar refractivity (Wildman–Crippen MR) is 102 cm³/mol. The smallest absolute Gasteiger partial charge is 0.246 e. The fourth-order valence-corrected chi connectivity index (χ4v) is 3.66. The highest BCUT2D eigenvalue weighted by Crippen LogP contribution is 2.25. The number of rotatable bonds is 6. The van der Waals surface area contributed by atoms with Crippen molar-refractivity contribution in [3.05, 3.63) is 46.5 Å². The van der Waals surface area contributed by atoms with E-state index >= 15 is 0 Å². The van der Waals surface area contributed by atoms with Crippen molar-refractivity contribution in [3.63, 3.8) is 0 Å². The van der Waals surface area contributed by atoms with E-state index in [0.29, 0.717) is 16.0 Å². The summed E-state index contributed by atoms with van der Waals surface area (Å²) in [6.07, 6.45) is 1.65. The minimum absolute atomic E-state index is 0.195. The molecule has 0 radical (unpaired) electrons. The lowest BCUT2D eigenvalue weighted by Gasteiger charge is -2.10. The van der Waals surface area contributed by atoms with Crippen molar-refractivity contribution in [1.82, 2.24) is 25.2 Å². The molecule has 1 aromatic carbocycles. The number of hydrogen-bond donors (Lipinski definition) is 0. The highest BCUT2D eigenvalue weighted by molar-refractivity contribution is 7.98. The van der Waals surface area contributed by atoms with Gasteiger partial charge >= 0.3 is 0 Å². The molecule has 2 aromatic heterocycles. The second-order valence-electron chi connectivity index (χ2n) is 5.48. The number of anilines is 1. The number of carbonyl (C=O) groups is 1. The first-order chi connectivity index (χ1) is 12.5. The average Bonchev–Trinajstić information content (AvgIpc) is 3.24. The van der Waals surface area contributed by atoms with Crippen LogP contribution < -0.4 is 5.01 Å². The Kier molecular flexibility index (Phi) is 5.74. The Labute approximate surface area is 158 Å². The first kappa shape index (κ1) is 18.2. The third-order valence-corrected chi connectivity index (χ3v) is 5.26. The summed E-state index contributed by atoms with van der Waals surface area (Å²) in [5.41, 5.74) is 2.93. The third-order valence-electron chi connectivity index (χ3n) is 3.35. The summed E-state index contributed by atoms with van der Waals surface area (Å²) >= 11 is 2.85. The number of thiazole rings is 1. The van der Waals surface area contributed by atoms with Gasteiger partial charge in [0.05, 0.1) is 11.9 Å². The van der Waals surface area contributed by atoms with Gasteiger partial charge in [-0.25, -0.2) is 9.67 Å². The largest absolute Gasteiger partial charge is 0.273 e. The summed E-state index contributed by atoms with van der Waals surface area (Å²) in [6.45, 7) is 3.49. The van der Waals surface area contributed by atoms with Gasteiger partial charge in [0.25, 0.3) is 0 Å². The molecule has 0 fully saturated rings. The first-order valence-corrected chi connectivity index (χ1v) is 9.60. The minimum atomic E-state index is -0.195. The van der Waals surface area contributed by atoms with Gasteiger partial charge in [-0.3, -0.25) is 4.79 Å². The van der Waals surface area contributed by atoms with Gasteiger partial charge in [-0.1, -0.05) is 41.6 Å². The molecule has 0 saturated carbocycles. The maximum absolute atomic E-state index is 12.0. The van der Waals surface area contributed by atoms with Crippen molar-refractivity contribution < 1.29 is 4.79 Å². The molecule has 10 heteroatoms. The van der Waals surface area contributed by atoms with Crippen LogP contribution in [0.5, 0.6) is 0 Å². The van der Waals surface area contributed by atoms with Crippen LogP contribution in [0.25, 0.3) is 0 Å². The van der Waals surface area contributed by atoms with Gasteiger partial charge < -0.3 is 0 Å². The molecule has 0 aliphatic rings. The lowest BCUT2D eigenvalue weighted by Crippen LogP contribution is -2.22. The van der Waals surface area contributed by atoms with E-state index in [-0.39, 0.29) is 5.91 Å². The Morgan fingerprint density at radius 3 is 2.81 bits per heavy atom. The molecule has 0 aliphatic heterocycles. The summed E-state index contributed by atoms with van der Waals surface area (Å²) < 4.78 is 1.60. The van der Waals surface area contributed by atoms with Crippen molar-refractivity contribution in [2.24, 2.45) is 12.1 Å². The second-order valence-corrected chi connectivity index (χ2v) is 7.26. The zero-order valence-corrected chi connectivity index (χ0v) is 16.2. The molecule has 134 valence electrons. The van der Waals surface area contributed by atoms with Gasteiger partial charge in [0.1, 0.15) is 0 Å². The van der Waals surface area contributed by atoms with Crippen LogP contribution in [0.15, 0.2) is 39.9 Å². The Balaban J connectivity index is 1.70. The normalized spacial score (nSPS) is 11.2. The molecule has 2 heterocycles. The summed E-state index contributed by atoms with van der Waals surface area (Å²) in [5.74, 6) is 0.414. The van der Waals surface area contributed by atoms with Crippen molar-refractivity contribution >= 4 is 40.4 Å². The Morgan fingerprint density at radius 2 is 2.15 bits per heavy atom. The fourth-order valence-electron chi connectivity index (χ4n) is 1.98. The lowest BCUT2D eigenvalue weighted by atomic mass is 10.2.